The van der Waals surface area contributed by atoms with Gasteiger partial charge in [0.2, 0.25) is 5.91 Å². The van der Waals surface area contributed by atoms with Gasteiger partial charge < -0.3 is 5.32 Å². The molecule has 0 bridgehead atoms. The summed E-state index contributed by atoms with van der Waals surface area (Å²) in [6.07, 6.45) is 3.43. The van der Waals surface area contributed by atoms with Gasteiger partial charge in [-0.1, -0.05) is 6.07 Å². The number of carbonyl (C=O) groups is 1. The molecule has 24 heavy (non-hydrogen) atoms. The summed E-state index contributed by atoms with van der Waals surface area (Å²) >= 11 is 0. The summed E-state index contributed by atoms with van der Waals surface area (Å²) in [5.74, 6) is -0.109. The molecule has 6 nitrogen and oxygen atoms in total. The fourth-order valence-corrected chi connectivity index (χ4v) is 3.18. The Kier molecular flexibility index (Phi) is 5.43. The van der Waals surface area contributed by atoms with Gasteiger partial charge in [0.25, 0.3) is 0 Å². The van der Waals surface area contributed by atoms with Crippen molar-refractivity contribution in [2.75, 3.05) is 17.8 Å². The molecule has 1 amide bonds. The quantitative estimate of drug-likeness (QED) is 0.902. The number of nitrogens with zero attached hydrogens (tertiary/aromatic N) is 3. The molecule has 1 N–H and O–H groups in total. The highest BCUT2D eigenvalue weighted by Crippen LogP contribution is 2.20. The van der Waals surface area contributed by atoms with E-state index >= 15 is 0 Å². The van der Waals surface area contributed by atoms with Gasteiger partial charge in [0.05, 0.1) is 17.8 Å². The molecule has 2 aromatic rings. The van der Waals surface area contributed by atoms with E-state index < -0.39 is 9.73 Å². The van der Waals surface area contributed by atoms with Crippen molar-refractivity contribution in [3.8, 4) is 0 Å². The van der Waals surface area contributed by atoms with Gasteiger partial charge in [-0.3, -0.25) is 9.48 Å². The number of hydrogen-bond acceptors (Lipinski definition) is 4. The molecule has 0 fully saturated rings. The second-order valence-electron chi connectivity index (χ2n) is 6.01. The number of aryl methyl sites for hydroxylation is 2. The predicted octanol–water partition coefficient (Wildman–Crippen LogP) is 3.06. The van der Waals surface area contributed by atoms with Crippen molar-refractivity contribution in [2.45, 2.75) is 33.7 Å². The van der Waals surface area contributed by atoms with Gasteiger partial charge in [-0.2, -0.15) is 9.46 Å². The van der Waals surface area contributed by atoms with Crippen LogP contribution in [0.1, 0.15) is 23.9 Å². The first-order chi connectivity index (χ1) is 11.2. The maximum atomic E-state index is 12.3. The number of carbonyl (C=O) groups excluding carboxylic acids is 1. The van der Waals surface area contributed by atoms with Crippen LogP contribution in [0.4, 0.5) is 11.4 Å². The highest BCUT2D eigenvalue weighted by Gasteiger charge is 2.14. The van der Waals surface area contributed by atoms with Crippen molar-refractivity contribution in [3.63, 3.8) is 0 Å². The van der Waals surface area contributed by atoms with Crippen molar-refractivity contribution in [1.82, 2.24) is 9.78 Å². The Morgan fingerprint density at radius 3 is 2.62 bits per heavy atom. The van der Waals surface area contributed by atoms with E-state index in [9.17, 15) is 9.00 Å². The van der Waals surface area contributed by atoms with Gasteiger partial charge in [-0.25, -0.2) is 4.21 Å². The molecular weight excluding hydrogens is 324 g/mol. The van der Waals surface area contributed by atoms with Gasteiger partial charge in [0, 0.05) is 45.7 Å². The van der Waals surface area contributed by atoms with E-state index in [-0.39, 0.29) is 12.3 Å². The lowest BCUT2D eigenvalue weighted by atomic mass is 10.1. The zero-order chi connectivity index (χ0) is 17.9. The SMILES string of the molecule is CCn1nc(C)c(CC(=O)Nc2cccc(N=S(C)(C)=O)c2)c1C. The van der Waals surface area contributed by atoms with E-state index in [0.29, 0.717) is 11.4 Å². The van der Waals surface area contributed by atoms with Gasteiger partial charge in [0.1, 0.15) is 0 Å². The Labute approximate surface area is 143 Å². The zero-order valence-electron chi connectivity index (χ0n) is 14.8. The predicted molar refractivity (Wildman–Crippen MR) is 98.2 cm³/mol. The number of nitrogens with one attached hydrogen (secondary N) is 1. The van der Waals surface area contributed by atoms with Gasteiger partial charge in [-0.05, 0) is 39.0 Å². The average molecular weight is 348 g/mol. The number of aromatic nitrogens is 2. The van der Waals surface area contributed by atoms with Crippen LogP contribution in [0.15, 0.2) is 28.6 Å². The summed E-state index contributed by atoms with van der Waals surface area (Å²) in [5.41, 5.74) is 4.09. The molecule has 0 saturated carbocycles. The van der Waals surface area contributed by atoms with Crippen molar-refractivity contribution in [1.29, 1.82) is 0 Å². The van der Waals surface area contributed by atoms with E-state index in [1.165, 1.54) is 0 Å². The van der Waals surface area contributed by atoms with Crippen LogP contribution in [0.3, 0.4) is 0 Å². The van der Waals surface area contributed by atoms with Crippen molar-refractivity contribution < 1.29 is 9.00 Å². The van der Waals surface area contributed by atoms with Gasteiger partial charge in [0.15, 0.2) is 0 Å². The molecule has 7 heteroatoms. The third kappa shape index (κ3) is 4.67. The largest absolute Gasteiger partial charge is 0.326 e. The number of benzene rings is 1. The minimum Gasteiger partial charge on any atom is -0.326 e. The third-order valence-corrected chi connectivity index (χ3v) is 4.27. The van der Waals surface area contributed by atoms with Crippen LogP contribution in [0.2, 0.25) is 0 Å². The van der Waals surface area contributed by atoms with Crippen molar-refractivity contribution in [3.05, 3.63) is 41.2 Å². The number of anilines is 1. The smallest absolute Gasteiger partial charge is 0.228 e. The Morgan fingerprint density at radius 1 is 1.33 bits per heavy atom. The maximum absolute atomic E-state index is 12.3. The first kappa shape index (κ1) is 18.2. The second kappa shape index (κ2) is 7.17. The topological polar surface area (TPSA) is 76.3 Å². The molecule has 1 heterocycles. The Balaban J connectivity index is 2.15. The second-order valence-corrected chi connectivity index (χ2v) is 8.56. The van der Waals surface area contributed by atoms with E-state index in [1.54, 1.807) is 36.8 Å². The van der Waals surface area contributed by atoms with Crippen molar-refractivity contribution >= 4 is 27.0 Å². The molecule has 0 unspecified atom stereocenters. The summed E-state index contributed by atoms with van der Waals surface area (Å²) in [6, 6.07) is 7.06. The van der Waals surface area contributed by atoms with Gasteiger partial charge >= 0.3 is 0 Å². The van der Waals surface area contributed by atoms with Crippen LogP contribution in [0.25, 0.3) is 0 Å². The highest BCUT2D eigenvalue weighted by molar-refractivity contribution is 7.92. The van der Waals surface area contributed by atoms with Crippen LogP contribution in [-0.2, 0) is 27.5 Å². The first-order valence-corrected chi connectivity index (χ1v) is 10.1. The summed E-state index contributed by atoms with van der Waals surface area (Å²) in [6.45, 7) is 6.70. The average Bonchev–Trinajstić information content (AvgIpc) is 2.73. The lowest BCUT2D eigenvalue weighted by Gasteiger charge is -2.07. The monoisotopic (exact) mass is 348 g/mol. The highest BCUT2D eigenvalue weighted by atomic mass is 32.2. The molecule has 1 aromatic heterocycles. The molecule has 0 saturated heterocycles. The van der Waals surface area contributed by atoms with Crippen LogP contribution in [-0.4, -0.2) is 32.4 Å². The minimum absolute atomic E-state index is 0.109. The van der Waals surface area contributed by atoms with Gasteiger partial charge in [-0.15, -0.1) is 0 Å². The third-order valence-electron chi connectivity index (χ3n) is 3.62. The number of hydrogen-bond donors (Lipinski definition) is 1. The molecule has 0 aliphatic carbocycles. The molecule has 0 aliphatic heterocycles. The molecule has 0 aliphatic rings. The van der Waals surface area contributed by atoms with E-state index in [4.69, 9.17) is 0 Å². The fourth-order valence-electron chi connectivity index (χ4n) is 2.56. The summed E-state index contributed by atoms with van der Waals surface area (Å²) in [7, 11) is -2.23. The van der Waals surface area contributed by atoms with Crippen LogP contribution in [0, 0.1) is 13.8 Å². The minimum atomic E-state index is -2.23. The fraction of sp³-hybridized carbons (Fsp3) is 0.412. The number of amides is 1. The molecule has 1 aromatic carbocycles. The normalized spacial score (nSPS) is 11.4. The molecule has 0 spiro atoms. The Morgan fingerprint density at radius 2 is 2.04 bits per heavy atom. The molecule has 0 radical (unpaired) electrons. The van der Waals surface area contributed by atoms with Crippen LogP contribution < -0.4 is 5.32 Å². The molecular formula is C17H24N4O2S. The Hall–Kier alpha value is -2.15. The lowest BCUT2D eigenvalue weighted by Crippen LogP contribution is -2.15. The summed E-state index contributed by atoms with van der Waals surface area (Å²) in [4.78, 5) is 12.3. The van der Waals surface area contributed by atoms with Crippen molar-refractivity contribution in [2.24, 2.45) is 4.36 Å². The van der Waals surface area contributed by atoms with Crippen LogP contribution in [0.5, 0.6) is 0 Å². The van der Waals surface area contributed by atoms with Crippen LogP contribution >= 0.6 is 0 Å². The molecule has 130 valence electrons. The van der Waals surface area contributed by atoms with E-state index in [2.05, 4.69) is 14.8 Å². The summed E-state index contributed by atoms with van der Waals surface area (Å²) < 4.78 is 17.8. The number of rotatable bonds is 5. The maximum Gasteiger partial charge on any atom is 0.228 e. The van der Waals surface area contributed by atoms with E-state index in [0.717, 1.165) is 23.5 Å². The molecule has 0 atom stereocenters. The standard InChI is InChI=1S/C17H24N4O2S/c1-6-21-13(3)16(12(2)19-21)11-17(22)18-14-8-7-9-15(10-14)20-24(4,5)23/h7-10H,6,11H2,1-5H3,(H,18,22). The first-order valence-electron chi connectivity index (χ1n) is 7.79. The lowest BCUT2D eigenvalue weighted by molar-refractivity contribution is -0.115. The summed E-state index contributed by atoms with van der Waals surface area (Å²) in [5, 5.41) is 7.30. The van der Waals surface area contributed by atoms with E-state index in [1.807, 2.05) is 25.5 Å². The molecule has 2 rings (SSSR count). The zero-order valence-corrected chi connectivity index (χ0v) is 15.6. The Bertz CT molecular complexity index is 869.